The van der Waals surface area contributed by atoms with E-state index in [0.29, 0.717) is 13.2 Å². The molecule has 0 spiro atoms. The zero-order valence-corrected chi connectivity index (χ0v) is 12.3. The number of pyridine rings is 1. The molecule has 1 aromatic heterocycles. The number of anilines is 1. The number of aromatic carboxylic acids is 1. The Balaban J connectivity index is 3.33. The number of nitro groups is 1. The summed E-state index contributed by atoms with van der Waals surface area (Å²) in [5.41, 5.74) is -0.433. The second-order valence-corrected chi connectivity index (χ2v) is 4.54. The van der Waals surface area contributed by atoms with E-state index in [-0.39, 0.29) is 23.2 Å². The summed E-state index contributed by atoms with van der Waals surface area (Å²) in [6.07, 6.45) is 0.736. The van der Waals surface area contributed by atoms with Gasteiger partial charge in [0.2, 0.25) is 5.82 Å². The van der Waals surface area contributed by atoms with Crippen molar-refractivity contribution in [2.75, 3.05) is 25.2 Å². The first kappa shape index (κ1) is 16.8. The number of hydrogen-bond donors (Lipinski definition) is 1. The maximum atomic E-state index is 11.2. The molecule has 0 radical (unpaired) electrons. The van der Waals surface area contributed by atoms with E-state index in [4.69, 9.17) is 9.84 Å². The summed E-state index contributed by atoms with van der Waals surface area (Å²) >= 11 is 0. The smallest absolute Gasteiger partial charge is 0.354 e. The topological polar surface area (TPSA) is 106 Å². The van der Waals surface area contributed by atoms with Crippen LogP contribution >= 0.6 is 0 Å². The highest BCUT2D eigenvalue weighted by Crippen LogP contribution is 2.28. The highest BCUT2D eigenvalue weighted by molar-refractivity contribution is 5.86. The van der Waals surface area contributed by atoms with E-state index >= 15 is 0 Å². The van der Waals surface area contributed by atoms with Crippen LogP contribution in [0.3, 0.4) is 0 Å². The molecule has 1 atom stereocenters. The second-order valence-electron chi connectivity index (χ2n) is 4.54. The van der Waals surface area contributed by atoms with Crippen LogP contribution in [0.4, 0.5) is 11.5 Å². The highest BCUT2D eigenvalue weighted by Gasteiger charge is 2.25. The third-order valence-electron chi connectivity index (χ3n) is 3.20. The first-order valence-corrected chi connectivity index (χ1v) is 6.56. The molecular weight excluding hydrogens is 278 g/mol. The average molecular weight is 297 g/mol. The minimum atomic E-state index is -1.22. The summed E-state index contributed by atoms with van der Waals surface area (Å²) in [5.74, 6) is -1.16. The Morgan fingerprint density at radius 3 is 2.71 bits per heavy atom. The predicted octanol–water partition coefficient (Wildman–Crippen LogP) is 1.94. The molecule has 1 unspecified atom stereocenters. The van der Waals surface area contributed by atoms with Gasteiger partial charge in [-0.15, -0.1) is 0 Å². The summed E-state index contributed by atoms with van der Waals surface area (Å²) in [6.45, 7) is 4.59. The standard InChI is InChI=1S/C13H19N3O5/c1-4-9(2)15(7-8-21-3)12-11(16(19)20)6-5-10(14-12)13(17)18/h5-6,9H,4,7-8H2,1-3H3,(H,17,18). The summed E-state index contributed by atoms with van der Waals surface area (Å²) in [5, 5.41) is 20.2. The van der Waals surface area contributed by atoms with Crippen LogP contribution in [-0.2, 0) is 4.74 Å². The Morgan fingerprint density at radius 2 is 2.24 bits per heavy atom. The first-order valence-electron chi connectivity index (χ1n) is 6.56. The van der Waals surface area contributed by atoms with Gasteiger partial charge in [-0.05, 0) is 19.4 Å². The zero-order chi connectivity index (χ0) is 16.0. The number of carboxylic acids is 1. The van der Waals surface area contributed by atoms with E-state index < -0.39 is 10.9 Å². The number of aromatic nitrogens is 1. The Morgan fingerprint density at radius 1 is 1.57 bits per heavy atom. The molecule has 1 heterocycles. The van der Waals surface area contributed by atoms with Crippen molar-refractivity contribution >= 4 is 17.5 Å². The molecule has 0 aliphatic carbocycles. The Hall–Kier alpha value is -2.22. The molecular formula is C13H19N3O5. The summed E-state index contributed by atoms with van der Waals surface area (Å²) < 4.78 is 5.01. The number of rotatable bonds is 8. The molecule has 0 aromatic carbocycles. The SMILES string of the molecule is CCC(C)N(CCOC)c1nc(C(=O)O)ccc1[N+](=O)[O-]. The van der Waals surface area contributed by atoms with Crippen molar-refractivity contribution < 1.29 is 19.6 Å². The summed E-state index contributed by atoms with van der Waals surface area (Å²) in [7, 11) is 1.53. The zero-order valence-electron chi connectivity index (χ0n) is 12.3. The van der Waals surface area contributed by atoms with Gasteiger partial charge in [0.15, 0.2) is 5.69 Å². The van der Waals surface area contributed by atoms with Gasteiger partial charge in [0.25, 0.3) is 0 Å². The monoisotopic (exact) mass is 297 g/mol. The largest absolute Gasteiger partial charge is 0.477 e. The van der Waals surface area contributed by atoms with Crippen LogP contribution in [0.25, 0.3) is 0 Å². The van der Waals surface area contributed by atoms with Gasteiger partial charge in [-0.1, -0.05) is 6.92 Å². The van der Waals surface area contributed by atoms with Gasteiger partial charge < -0.3 is 14.7 Å². The normalized spacial score (nSPS) is 12.0. The van der Waals surface area contributed by atoms with Crippen LogP contribution in [0.2, 0.25) is 0 Å². The summed E-state index contributed by atoms with van der Waals surface area (Å²) in [4.78, 5) is 27.3. The number of nitrogens with zero attached hydrogens (tertiary/aromatic N) is 3. The molecule has 0 aliphatic rings. The van der Waals surface area contributed by atoms with Gasteiger partial charge in [0.05, 0.1) is 11.5 Å². The number of carbonyl (C=O) groups is 1. The maximum absolute atomic E-state index is 11.2. The fraction of sp³-hybridized carbons (Fsp3) is 0.538. The summed E-state index contributed by atoms with van der Waals surface area (Å²) in [6, 6.07) is 2.28. The van der Waals surface area contributed by atoms with E-state index in [1.807, 2.05) is 13.8 Å². The van der Waals surface area contributed by atoms with Gasteiger partial charge in [-0.3, -0.25) is 10.1 Å². The van der Waals surface area contributed by atoms with E-state index in [1.54, 1.807) is 4.90 Å². The molecule has 1 aromatic rings. The fourth-order valence-corrected chi connectivity index (χ4v) is 1.86. The molecule has 1 N–H and O–H groups in total. The van der Waals surface area contributed by atoms with E-state index in [0.717, 1.165) is 12.5 Å². The lowest BCUT2D eigenvalue weighted by molar-refractivity contribution is -0.384. The number of methoxy groups -OCH3 is 1. The third kappa shape index (κ3) is 4.12. The third-order valence-corrected chi connectivity index (χ3v) is 3.20. The Bertz CT molecular complexity index is 521. The second kappa shape index (κ2) is 7.53. The van der Waals surface area contributed by atoms with Crippen LogP contribution in [0.5, 0.6) is 0 Å². The van der Waals surface area contributed by atoms with Crippen molar-refractivity contribution in [3.05, 3.63) is 27.9 Å². The van der Waals surface area contributed by atoms with Gasteiger partial charge in [0.1, 0.15) is 0 Å². The molecule has 0 aliphatic heterocycles. The Labute approximate surface area is 122 Å². The molecule has 0 bridgehead atoms. The van der Waals surface area contributed by atoms with Gasteiger partial charge in [-0.2, -0.15) is 0 Å². The van der Waals surface area contributed by atoms with Crippen LogP contribution in [0, 0.1) is 10.1 Å². The predicted molar refractivity (Wildman–Crippen MR) is 76.8 cm³/mol. The fourth-order valence-electron chi connectivity index (χ4n) is 1.86. The molecule has 116 valence electrons. The maximum Gasteiger partial charge on any atom is 0.354 e. The van der Waals surface area contributed by atoms with Crippen LogP contribution in [0.1, 0.15) is 30.8 Å². The minimum Gasteiger partial charge on any atom is -0.477 e. The molecule has 8 nitrogen and oxygen atoms in total. The van der Waals surface area contributed by atoms with Crippen molar-refractivity contribution in [3.8, 4) is 0 Å². The quantitative estimate of drug-likeness (QED) is 0.577. The lowest BCUT2D eigenvalue weighted by Gasteiger charge is -2.29. The van der Waals surface area contributed by atoms with Crippen molar-refractivity contribution in [1.29, 1.82) is 0 Å². The molecule has 0 saturated heterocycles. The molecule has 8 heteroatoms. The van der Waals surface area contributed by atoms with Crippen LogP contribution in [-0.4, -0.2) is 47.3 Å². The van der Waals surface area contributed by atoms with Crippen LogP contribution in [0.15, 0.2) is 12.1 Å². The van der Waals surface area contributed by atoms with Gasteiger partial charge in [-0.25, -0.2) is 9.78 Å². The van der Waals surface area contributed by atoms with Crippen molar-refractivity contribution in [1.82, 2.24) is 4.98 Å². The van der Waals surface area contributed by atoms with Crippen molar-refractivity contribution in [2.24, 2.45) is 0 Å². The van der Waals surface area contributed by atoms with E-state index in [2.05, 4.69) is 4.98 Å². The van der Waals surface area contributed by atoms with E-state index in [1.165, 1.54) is 13.2 Å². The Kier molecular flexibility index (Phi) is 6.04. The average Bonchev–Trinajstić information content (AvgIpc) is 2.46. The van der Waals surface area contributed by atoms with E-state index in [9.17, 15) is 14.9 Å². The van der Waals surface area contributed by atoms with Crippen molar-refractivity contribution in [3.63, 3.8) is 0 Å². The highest BCUT2D eigenvalue weighted by atomic mass is 16.6. The molecule has 0 fully saturated rings. The molecule has 1 rings (SSSR count). The lowest BCUT2D eigenvalue weighted by atomic mass is 10.2. The lowest BCUT2D eigenvalue weighted by Crippen LogP contribution is -2.36. The first-order chi connectivity index (χ1) is 9.92. The van der Waals surface area contributed by atoms with Crippen LogP contribution < -0.4 is 4.90 Å². The number of ether oxygens (including phenoxy) is 1. The molecule has 21 heavy (non-hydrogen) atoms. The number of hydrogen-bond acceptors (Lipinski definition) is 6. The van der Waals surface area contributed by atoms with Crippen molar-refractivity contribution in [2.45, 2.75) is 26.3 Å². The molecule has 0 amide bonds. The number of carboxylic acid groups (broad SMARTS) is 1. The molecule has 0 saturated carbocycles. The van der Waals surface area contributed by atoms with Gasteiger partial charge in [0, 0.05) is 25.8 Å². The minimum absolute atomic E-state index is 0.0320. The van der Waals surface area contributed by atoms with Gasteiger partial charge >= 0.3 is 11.7 Å².